The van der Waals surface area contributed by atoms with Gasteiger partial charge in [-0.1, -0.05) is 72.4 Å². The van der Waals surface area contributed by atoms with Crippen LogP contribution in [0.15, 0.2) is 72.8 Å². The van der Waals surface area contributed by atoms with Crippen molar-refractivity contribution in [3.8, 4) is 11.5 Å². The van der Waals surface area contributed by atoms with Crippen molar-refractivity contribution in [2.75, 3.05) is 14.2 Å². The molecule has 1 fully saturated rings. The van der Waals surface area contributed by atoms with Gasteiger partial charge in [-0.15, -0.1) is 0 Å². The first-order valence-corrected chi connectivity index (χ1v) is 12.0. The van der Waals surface area contributed by atoms with E-state index in [1.54, 1.807) is 14.2 Å². The largest absolute Gasteiger partial charge is 0.493 e. The Morgan fingerprint density at radius 3 is 2.26 bits per heavy atom. The standard InChI is InChI=1S/C27H28N2O4S/c1-17(19-9-5-4-6-10-19)28-25(21-12-13-22(32-2)23(16-21)33-3)20-11-7-8-18(14-20)15-24-26(30)29-27(31)34-24/h4-14,16-17,24-25,28H,15H2,1-3H3,(H,29,30,31)/t17-,24?,25?/m1/s1. The molecule has 0 saturated carbocycles. The Balaban J connectivity index is 1.68. The minimum atomic E-state index is -0.404. The van der Waals surface area contributed by atoms with Crippen LogP contribution < -0.4 is 20.1 Å². The normalized spacial score (nSPS) is 17.2. The highest BCUT2D eigenvalue weighted by molar-refractivity contribution is 8.15. The number of benzene rings is 3. The average molecular weight is 477 g/mol. The summed E-state index contributed by atoms with van der Waals surface area (Å²) in [6.07, 6.45) is 0.489. The second-order valence-corrected chi connectivity index (χ2v) is 9.35. The van der Waals surface area contributed by atoms with Gasteiger partial charge in [0.2, 0.25) is 5.91 Å². The molecule has 7 heteroatoms. The van der Waals surface area contributed by atoms with Gasteiger partial charge in [-0.25, -0.2) is 0 Å². The van der Waals surface area contributed by atoms with E-state index in [9.17, 15) is 9.59 Å². The summed E-state index contributed by atoms with van der Waals surface area (Å²) in [5, 5.41) is 5.43. The number of nitrogens with one attached hydrogen (secondary N) is 2. The fraction of sp³-hybridized carbons (Fsp3) is 0.259. The van der Waals surface area contributed by atoms with Crippen LogP contribution >= 0.6 is 11.8 Å². The number of hydrogen-bond donors (Lipinski definition) is 2. The molecule has 0 spiro atoms. The number of ether oxygens (including phenoxy) is 2. The van der Waals surface area contributed by atoms with Gasteiger partial charge in [0.25, 0.3) is 5.24 Å². The van der Waals surface area contributed by atoms with Crippen LogP contribution in [-0.4, -0.2) is 30.6 Å². The number of hydrogen-bond acceptors (Lipinski definition) is 6. The number of amides is 2. The molecule has 2 N–H and O–H groups in total. The molecule has 1 aliphatic rings. The van der Waals surface area contributed by atoms with E-state index in [2.05, 4.69) is 41.8 Å². The minimum absolute atomic E-state index is 0.0803. The molecule has 3 aromatic rings. The smallest absolute Gasteiger partial charge is 0.286 e. The first-order valence-electron chi connectivity index (χ1n) is 11.1. The Labute approximate surface area is 204 Å². The fourth-order valence-electron chi connectivity index (χ4n) is 4.15. The lowest BCUT2D eigenvalue weighted by atomic mass is 9.94. The van der Waals surface area contributed by atoms with Crippen molar-refractivity contribution in [3.05, 3.63) is 95.1 Å². The zero-order valence-corrected chi connectivity index (χ0v) is 20.2. The molecule has 1 saturated heterocycles. The van der Waals surface area contributed by atoms with Crippen LogP contribution in [0.1, 0.15) is 41.3 Å². The number of carbonyl (C=O) groups excluding carboxylic acids is 2. The van der Waals surface area contributed by atoms with Crippen molar-refractivity contribution in [1.82, 2.24) is 10.6 Å². The van der Waals surface area contributed by atoms with E-state index in [-0.39, 0.29) is 23.2 Å². The van der Waals surface area contributed by atoms with Crippen LogP contribution in [-0.2, 0) is 11.2 Å². The molecule has 0 aromatic heterocycles. The lowest BCUT2D eigenvalue weighted by molar-refractivity contribution is -0.118. The summed E-state index contributed by atoms with van der Waals surface area (Å²) in [5.41, 5.74) is 4.27. The molecule has 2 unspecified atom stereocenters. The first-order chi connectivity index (χ1) is 16.5. The van der Waals surface area contributed by atoms with E-state index in [1.165, 1.54) is 5.56 Å². The van der Waals surface area contributed by atoms with Gasteiger partial charge in [0.1, 0.15) is 0 Å². The zero-order chi connectivity index (χ0) is 24.1. The van der Waals surface area contributed by atoms with Crippen LogP contribution in [0.25, 0.3) is 0 Å². The summed E-state index contributed by atoms with van der Waals surface area (Å²) in [5.74, 6) is 1.10. The Morgan fingerprint density at radius 1 is 0.882 bits per heavy atom. The monoisotopic (exact) mass is 476 g/mol. The molecule has 6 nitrogen and oxygen atoms in total. The average Bonchev–Trinajstić information content (AvgIpc) is 3.18. The first kappa shape index (κ1) is 23.9. The maximum atomic E-state index is 12.1. The maximum absolute atomic E-state index is 12.1. The summed E-state index contributed by atoms with van der Waals surface area (Å²) in [6.45, 7) is 2.14. The highest BCUT2D eigenvalue weighted by Crippen LogP contribution is 2.34. The van der Waals surface area contributed by atoms with Gasteiger partial charge in [0.05, 0.1) is 25.5 Å². The van der Waals surface area contributed by atoms with Crippen LogP contribution in [0.5, 0.6) is 11.5 Å². The van der Waals surface area contributed by atoms with E-state index < -0.39 is 5.25 Å². The third kappa shape index (κ3) is 5.43. The lowest BCUT2D eigenvalue weighted by Gasteiger charge is -2.26. The number of carbonyl (C=O) groups is 2. The van der Waals surface area contributed by atoms with Gasteiger partial charge in [-0.2, -0.15) is 0 Å². The summed E-state index contributed by atoms with van der Waals surface area (Å²) < 4.78 is 11.0. The zero-order valence-electron chi connectivity index (χ0n) is 19.4. The summed E-state index contributed by atoms with van der Waals surface area (Å²) in [4.78, 5) is 23.7. The molecule has 1 aliphatic heterocycles. The molecule has 0 aliphatic carbocycles. The third-order valence-electron chi connectivity index (χ3n) is 5.93. The van der Waals surface area contributed by atoms with Gasteiger partial charge in [0.15, 0.2) is 11.5 Å². The summed E-state index contributed by atoms with van der Waals surface area (Å²) in [7, 11) is 3.25. The van der Waals surface area contributed by atoms with Crippen LogP contribution in [0.2, 0.25) is 0 Å². The Morgan fingerprint density at radius 2 is 1.59 bits per heavy atom. The number of thioether (sulfide) groups is 1. The van der Waals surface area contributed by atoms with E-state index in [4.69, 9.17) is 9.47 Å². The van der Waals surface area contributed by atoms with Gasteiger partial charge < -0.3 is 9.47 Å². The fourth-order valence-corrected chi connectivity index (χ4v) is 5.01. The Kier molecular flexibility index (Phi) is 7.55. The minimum Gasteiger partial charge on any atom is -0.493 e. The van der Waals surface area contributed by atoms with Crippen molar-refractivity contribution >= 4 is 22.9 Å². The molecule has 2 amide bonds. The van der Waals surface area contributed by atoms with Crippen molar-refractivity contribution in [2.24, 2.45) is 0 Å². The van der Waals surface area contributed by atoms with Crippen molar-refractivity contribution in [3.63, 3.8) is 0 Å². The van der Waals surface area contributed by atoms with E-state index in [1.807, 2.05) is 48.5 Å². The molecular weight excluding hydrogens is 448 g/mol. The highest BCUT2D eigenvalue weighted by Gasteiger charge is 2.31. The predicted molar refractivity (Wildman–Crippen MR) is 134 cm³/mol. The highest BCUT2D eigenvalue weighted by atomic mass is 32.2. The van der Waals surface area contributed by atoms with Crippen molar-refractivity contribution in [2.45, 2.75) is 30.7 Å². The molecule has 34 heavy (non-hydrogen) atoms. The van der Waals surface area contributed by atoms with Gasteiger partial charge in [-0.3, -0.25) is 20.2 Å². The Bertz CT molecular complexity index is 1170. The molecule has 0 radical (unpaired) electrons. The number of imide groups is 1. The van der Waals surface area contributed by atoms with E-state index in [0.717, 1.165) is 28.5 Å². The third-order valence-corrected chi connectivity index (χ3v) is 6.91. The molecule has 0 bridgehead atoms. The SMILES string of the molecule is COc1ccc(C(N[C@H](C)c2ccccc2)c2cccc(CC3SC(=O)NC3=O)c2)cc1OC. The summed E-state index contributed by atoms with van der Waals surface area (Å²) in [6, 6.07) is 24.3. The summed E-state index contributed by atoms with van der Waals surface area (Å²) >= 11 is 1.05. The second-order valence-electron chi connectivity index (χ2n) is 8.18. The van der Waals surface area contributed by atoms with Crippen LogP contribution in [0.4, 0.5) is 4.79 Å². The van der Waals surface area contributed by atoms with E-state index in [0.29, 0.717) is 17.9 Å². The van der Waals surface area contributed by atoms with Crippen molar-refractivity contribution < 1.29 is 19.1 Å². The predicted octanol–water partition coefficient (Wildman–Crippen LogP) is 5.04. The Hall–Kier alpha value is -3.29. The molecule has 1 heterocycles. The quantitative estimate of drug-likeness (QED) is 0.451. The number of methoxy groups -OCH3 is 2. The number of rotatable bonds is 9. The van der Waals surface area contributed by atoms with E-state index >= 15 is 0 Å². The molecule has 3 aromatic carbocycles. The molecular formula is C27H28N2O4S. The topological polar surface area (TPSA) is 76.7 Å². The molecule has 3 atom stereocenters. The van der Waals surface area contributed by atoms with Crippen molar-refractivity contribution in [1.29, 1.82) is 0 Å². The van der Waals surface area contributed by atoms with Gasteiger partial charge >= 0.3 is 0 Å². The van der Waals surface area contributed by atoms with Gasteiger partial charge in [-0.05, 0) is 47.7 Å². The lowest BCUT2D eigenvalue weighted by Crippen LogP contribution is -2.26. The second kappa shape index (κ2) is 10.8. The van der Waals surface area contributed by atoms with Gasteiger partial charge in [0, 0.05) is 6.04 Å². The molecule has 4 rings (SSSR count). The van der Waals surface area contributed by atoms with Crippen LogP contribution in [0.3, 0.4) is 0 Å². The maximum Gasteiger partial charge on any atom is 0.286 e. The molecule has 176 valence electrons. The van der Waals surface area contributed by atoms with Crippen LogP contribution in [0, 0.1) is 0 Å².